The van der Waals surface area contributed by atoms with Gasteiger partial charge in [-0.05, 0) is 67.3 Å². The maximum Gasteiger partial charge on any atom is 0.243 e. The minimum Gasteiger partial charge on any atom is -0.224 e. The molecule has 1 unspecified atom stereocenters. The van der Waals surface area contributed by atoms with Crippen LogP contribution in [-0.2, 0) is 29.9 Å². The van der Waals surface area contributed by atoms with E-state index in [9.17, 15) is 25.3 Å². The first kappa shape index (κ1) is 22.7. The molecule has 12 heteroatoms. The van der Waals surface area contributed by atoms with Crippen LogP contribution in [0.2, 0.25) is 5.02 Å². The third kappa shape index (κ3) is 4.39. The molecule has 1 fully saturated rings. The van der Waals surface area contributed by atoms with Crippen molar-refractivity contribution in [2.24, 2.45) is 0 Å². The van der Waals surface area contributed by atoms with E-state index in [0.29, 0.717) is 23.7 Å². The molecule has 168 valence electrons. The van der Waals surface area contributed by atoms with Gasteiger partial charge in [-0.2, -0.15) is 4.31 Å². The molecule has 2 aliphatic heterocycles. The Morgan fingerprint density at radius 2 is 1.55 bits per heavy atom. The lowest BCUT2D eigenvalue weighted by Crippen LogP contribution is -2.34. The number of sulfone groups is 1. The van der Waals surface area contributed by atoms with Crippen LogP contribution >= 0.6 is 11.6 Å². The van der Waals surface area contributed by atoms with E-state index in [-0.39, 0.29) is 26.9 Å². The molecule has 1 atom stereocenters. The zero-order valence-electron chi connectivity index (χ0n) is 16.4. The average Bonchev–Trinajstić information content (AvgIpc) is 3.26. The highest BCUT2D eigenvalue weighted by Crippen LogP contribution is 2.35. The van der Waals surface area contributed by atoms with E-state index in [1.807, 2.05) is 0 Å². The molecule has 8 nitrogen and oxygen atoms in total. The van der Waals surface area contributed by atoms with Crippen LogP contribution in [0.5, 0.6) is 0 Å². The van der Waals surface area contributed by atoms with Gasteiger partial charge in [0.2, 0.25) is 20.0 Å². The van der Waals surface area contributed by atoms with Gasteiger partial charge >= 0.3 is 0 Å². The molecule has 0 aromatic heterocycles. The van der Waals surface area contributed by atoms with Crippen molar-refractivity contribution in [1.82, 2.24) is 9.03 Å². The summed E-state index contributed by atoms with van der Waals surface area (Å²) < 4.78 is 79.7. The number of hydrogen-bond donors (Lipinski definition) is 1. The molecule has 2 aromatic carbocycles. The zero-order chi connectivity index (χ0) is 22.4. The molecule has 1 N–H and O–H groups in total. The number of halogens is 1. The van der Waals surface area contributed by atoms with Crippen molar-refractivity contribution < 1.29 is 25.3 Å². The smallest absolute Gasteiger partial charge is 0.224 e. The number of fused-ring (bicyclic) bond motifs is 1. The summed E-state index contributed by atoms with van der Waals surface area (Å²) in [5.74, 6) is -0.193. The number of hydrogen-bond acceptors (Lipinski definition) is 6. The maximum absolute atomic E-state index is 12.9. The highest BCUT2D eigenvalue weighted by molar-refractivity contribution is 7.91. The van der Waals surface area contributed by atoms with Gasteiger partial charge in [0, 0.05) is 24.2 Å². The Bertz CT molecular complexity index is 1320. The van der Waals surface area contributed by atoms with Crippen LogP contribution in [-0.4, -0.2) is 48.4 Å². The number of sulfonamides is 2. The molecular formula is C19H21ClN2O6S3. The van der Waals surface area contributed by atoms with Crippen molar-refractivity contribution in [3.8, 4) is 0 Å². The highest BCUT2D eigenvalue weighted by atomic mass is 35.5. The van der Waals surface area contributed by atoms with Gasteiger partial charge in [0.25, 0.3) is 0 Å². The quantitative estimate of drug-likeness (QED) is 0.667. The van der Waals surface area contributed by atoms with Crippen molar-refractivity contribution in [2.45, 2.75) is 40.0 Å². The van der Waals surface area contributed by atoms with E-state index in [0.717, 1.165) is 12.8 Å². The van der Waals surface area contributed by atoms with Gasteiger partial charge in [0.15, 0.2) is 9.84 Å². The van der Waals surface area contributed by atoms with Gasteiger partial charge in [-0.15, -0.1) is 0 Å². The Balaban J connectivity index is 1.61. The summed E-state index contributed by atoms with van der Waals surface area (Å²) in [5.41, 5.74) is 0.301. The first-order valence-corrected chi connectivity index (χ1v) is 14.6. The minimum absolute atomic E-state index is 0.0363. The highest BCUT2D eigenvalue weighted by Gasteiger charge is 2.33. The van der Waals surface area contributed by atoms with Gasteiger partial charge in [-0.25, -0.2) is 30.0 Å². The number of benzene rings is 2. The third-order valence-electron chi connectivity index (χ3n) is 5.49. The van der Waals surface area contributed by atoms with E-state index < -0.39 is 35.9 Å². The lowest BCUT2D eigenvalue weighted by atomic mass is 10.1. The summed E-state index contributed by atoms with van der Waals surface area (Å²) in [5, 5.41) is 0.302. The Morgan fingerprint density at radius 1 is 0.935 bits per heavy atom. The van der Waals surface area contributed by atoms with Crippen LogP contribution in [0, 0.1) is 0 Å². The Morgan fingerprint density at radius 3 is 2.19 bits per heavy atom. The molecule has 0 saturated carbocycles. The van der Waals surface area contributed by atoms with Gasteiger partial charge in [-0.3, -0.25) is 0 Å². The van der Waals surface area contributed by atoms with Crippen LogP contribution in [0.1, 0.15) is 30.9 Å². The summed E-state index contributed by atoms with van der Waals surface area (Å²) in [6, 6.07) is 8.55. The topological polar surface area (TPSA) is 118 Å². The molecular weight excluding hydrogens is 484 g/mol. The zero-order valence-corrected chi connectivity index (χ0v) is 19.6. The summed E-state index contributed by atoms with van der Waals surface area (Å²) >= 11 is 6.00. The molecule has 2 aliphatic rings. The molecule has 31 heavy (non-hydrogen) atoms. The van der Waals surface area contributed by atoms with E-state index in [1.54, 1.807) is 0 Å². The first-order chi connectivity index (χ1) is 14.5. The van der Waals surface area contributed by atoms with Crippen LogP contribution in [0.4, 0.5) is 0 Å². The largest absolute Gasteiger partial charge is 0.243 e. The molecule has 4 rings (SSSR count). The molecule has 1 saturated heterocycles. The van der Waals surface area contributed by atoms with Gasteiger partial charge < -0.3 is 0 Å². The fraction of sp³-hybridized carbons (Fsp3) is 0.368. The number of nitrogens with one attached hydrogen (secondary N) is 1. The summed E-state index contributed by atoms with van der Waals surface area (Å²) in [4.78, 5) is -0.0120. The second-order valence-corrected chi connectivity index (χ2v) is 13.7. The van der Waals surface area contributed by atoms with E-state index in [1.165, 1.54) is 46.8 Å². The number of nitrogens with zero attached hydrogens (tertiary/aromatic N) is 1. The predicted octanol–water partition coefficient (Wildman–Crippen LogP) is 2.32. The first-order valence-electron chi connectivity index (χ1n) is 9.65. The normalized spacial score (nSPS) is 21.6. The van der Waals surface area contributed by atoms with E-state index in [2.05, 4.69) is 4.72 Å². The third-order valence-corrected chi connectivity index (χ3v) is 10.9. The van der Waals surface area contributed by atoms with Crippen molar-refractivity contribution in [3.63, 3.8) is 0 Å². The molecule has 0 aliphatic carbocycles. The molecule has 0 amide bonds. The summed E-state index contributed by atoms with van der Waals surface area (Å²) in [6.07, 6.45) is 1.67. The fourth-order valence-electron chi connectivity index (χ4n) is 3.86. The van der Waals surface area contributed by atoms with Gasteiger partial charge in [0.1, 0.15) is 0 Å². The molecule has 0 radical (unpaired) electrons. The lowest BCUT2D eigenvalue weighted by molar-refractivity contribution is 0.477. The Labute approximate surface area is 187 Å². The summed E-state index contributed by atoms with van der Waals surface area (Å²) in [7, 11) is -11.2. The van der Waals surface area contributed by atoms with E-state index in [4.69, 9.17) is 11.6 Å². The van der Waals surface area contributed by atoms with Crippen molar-refractivity contribution in [2.75, 3.05) is 18.8 Å². The average molecular weight is 505 g/mol. The monoisotopic (exact) mass is 504 g/mol. The summed E-state index contributed by atoms with van der Waals surface area (Å²) in [6.45, 7) is 0.910. The Kier molecular flexibility index (Phi) is 5.95. The minimum atomic E-state index is -4.03. The maximum atomic E-state index is 12.9. The Hall–Kier alpha value is -1.50. The lowest BCUT2D eigenvalue weighted by Gasteiger charge is -2.26. The fourth-order valence-corrected chi connectivity index (χ4v) is 8.41. The second-order valence-electron chi connectivity index (χ2n) is 7.55. The van der Waals surface area contributed by atoms with Crippen molar-refractivity contribution >= 4 is 41.5 Å². The van der Waals surface area contributed by atoms with Crippen LogP contribution in [0.25, 0.3) is 0 Å². The van der Waals surface area contributed by atoms with Gasteiger partial charge in [-0.1, -0.05) is 11.6 Å². The number of rotatable bonds is 5. The van der Waals surface area contributed by atoms with Crippen LogP contribution < -0.4 is 4.72 Å². The SMILES string of the molecule is O=S1(=O)CCC(NS(=O)(=O)c2ccc(S(=O)(=O)N3CCCC3)cc2)c2cc(Cl)ccc21. The molecule has 0 spiro atoms. The standard InChI is InChI=1S/C19H21ClN2O6S3/c20-14-3-8-19-17(13-14)18(9-12-29(19,23)24)21-30(25,26)15-4-6-16(7-5-15)31(27,28)22-10-1-2-11-22/h3-8,13,18,21H,1-2,9-12H2. The molecule has 2 heterocycles. The van der Waals surface area contributed by atoms with Crippen LogP contribution in [0.3, 0.4) is 0 Å². The van der Waals surface area contributed by atoms with Crippen LogP contribution in [0.15, 0.2) is 57.2 Å². The molecule has 0 bridgehead atoms. The van der Waals surface area contributed by atoms with Crippen molar-refractivity contribution in [1.29, 1.82) is 0 Å². The van der Waals surface area contributed by atoms with Crippen molar-refractivity contribution in [3.05, 3.63) is 53.1 Å². The predicted molar refractivity (Wildman–Crippen MR) is 116 cm³/mol. The second kappa shape index (κ2) is 8.13. The molecule has 2 aromatic rings. The van der Waals surface area contributed by atoms with E-state index >= 15 is 0 Å². The van der Waals surface area contributed by atoms with Gasteiger partial charge in [0.05, 0.1) is 20.4 Å².